The van der Waals surface area contributed by atoms with Crippen molar-refractivity contribution in [2.45, 2.75) is 26.3 Å². The first-order chi connectivity index (χ1) is 19.7. The fraction of sp³-hybridized carbons (Fsp3) is 0.200. The minimum absolute atomic E-state index is 0.191. The Balaban J connectivity index is 1.57. The van der Waals surface area contributed by atoms with E-state index in [9.17, 15) is 14.4 Å². The van der Waals surface area contributed by atoms with Crippen LogP contribution < -0.4 is 15.5 Å². The standard InChI is InChI=1S/C30H28Cl2N4O3S2/c1-3-35(4-2)24-15-5-19(6-16-24)17-26-29(39)36(30(40)41-26)25(28(38)34-23-13-9-21(32)10-14-23)18-27(37)33-22-11-7-20(31)8-12-22/h5-17,25H,3-4,18H2,1-2H3,(H,33,37)(H,34,38)/b26-17-/t25-/m1/s1. The second-order valence-electron chi connectivity index (χ2n) is 9.09. The molecule has 3 aromatic carbocycles. The molecular weight excluding hydrogens is 599 g/mol. The first-order valence-corrected chi connectivity index (χ1v) is 14.9. The summed E-state index contributed by atoms with van der Waals surface area (Å²) in [6.45, 7) is 5.97. The molecule has 0 aliphatic carbocycles. The van der Waals surface area contributed by atoms with Crippen molar-refractivity contribution in [3.05, 3.63) is 93.3 Å². The van der Waals surface area contributed by atoms with Crippen LogP contribution in [0.25, 0.3) is 6.08 Å². The number of nitrogens with zero attached hydrogens (tertiary/aromatic N) is 2. The third kappa shape index (κ3) is 7.89. The van der Waals surface area contributed by atoms with Crippen molar-refractivity contribution in [2.24, 2.45) is 0 Å². The van der Waals surface area contributed by atoms with Crippen LogP contribution in [0.3, 0.4) is 0 Å². The van der Waals surface area contributed by atoms with Crippen LogP contribution in [0, 0.1) is 0 Å². The third-order valence-electron chi connectivity index (χ3n) is 6.38. The number of hydrogen-bond donors (Lipinski definition) is 2. The highest BCUT2D eigenvalue weighted by atomic mass is 35.5. The highest BCUT2D eigenvalue weighted by Crippen LogP contribution is 2.35. The van der Waals surface area contributed by atoms with E-state index in [4.69, 9.17) is 35.4 Å². The molecule has 1 aliphatic rings. The minimum Gasteiger partial charge on any atom is -0.372 e. The molecule has 1 fully saturated rings. The van der Waals surface area contributed by atoms with Gasteiger partial charge in [-0.3, -0.25) is 19.3 Å². The number of carbonyl (C=O) groups is 3. The molecule has 0 saturated carbocycles. The van der Waals surface area contributed by atoms with E-state index in [0.29, 0.717) is 26.3 Å². The summed E-state index contributed by atoms with van der Waals surface area (Å²) < 4.78 is 0.191. The topological polar surface area (TPSA) is 81.8 Å². The van der Waals surface area contributed by atoms with Gasteiger partial charge in [0.05, 0.1) is 11.3 Å². The lowest BCUT2D eigenvalue weighted by Gasteiger charge is -2.25. The lowest BCUT2D eigenvalue weighted by molar-refractivity contribution is -0.132. The van der Waals surface area contributed by atoms with Crippen molar-refractivity contribution in [3.63, 3.8) is 0 Å². The van der Waals surface area contributed by atoms with Gasteiger partial charge in [-0.15, -0.1) is 0 Å². The molecule has 2 N–H and O–H groups in total. The fourth-order valence-corrected chi connectivity index (χ4v) is 5.86. The maximum Gasteiger partial charge on any atom is 0.266 e. The predicted molar refractivity (Wildman–Crippen MR) is 174 cm³/mol. The van der Waals surface area contributed by atoms with Gasteiger partial charge in [0.25, 0.3) is 5.91 Å². The van der Waals surface area contributed by atoms with Gasteiger partial charge in [-0.2, -0.15) is 0 Å². The Hall–Kier alpha value is -3.37. The maximum atomic E-state index is 13.6. The van der Waals surface area contributed by atoms with Crippen molar-refractivity contribution in [3.8, 4) is 0 Å². The summed E-state index contributed by atoms with van der Waals surface area (Å²) in [5.74, 6) is -1.46. The molecular formula is C30H28Cl2N4O3S2. The molecule has 1 atom stereocenters. The van der Waals surface area contributed by atoms with Crippen LogP contribution in [0.5, 0.6) is 0 Å². The molecule has 1 heterocycles. The molecule has 3 amide bonds. The Morgan fingerprint density at radius 2 is 1.44 bits per heavy atom. The van der Waals surface area contributed by atoms with Gasteiger partial charge < -0.3 is 15.5 Å². The number of halogens is 2. The van der Waals surface area contributed by atoms with E-state index in [-0.39, 0.29) is 10.7 Å². The summed E-state index contributed by atoms with van der Waals surface area (Å²) in [4.78, 5) is 44.0. The first-order valence-electron chi connectivity index (χ1n) is 12.9. The molecule has 41 heavy (non-hydrogen) atoms. The van der Waals surface area contributed by atoms with Crippen molar-refractivity contribution in [2.75, 3.05) is 28.6 Å². The van der Waals surface area contributed by atoms with Crippen LogP contribution in [-0.4, -0.2) is 46.1 Å². The van der Waals surface area contributed by atoms with Gasteiger partial charge in [-0.25, -0.2) is 0 Å². The maximum absolute atomic E-state index is 13.6. The summed E-state index contributed by atoms with van der Waals surface area (Å²) in [6.07, 6.45) is 1.42. The summed E-state index contributed by atoms with van der Waals surface area (Å²) >= 11 is 18.6. The van der Waals surface area contributed by atoms with Crippen molar-refractivity contribution < 1.29 is 14.4 Å². The van der Waals surface area contributed by atoms with E-state index in [2.05, 4.69) is 29.4 Å². The van der Waals surface area contributed by atoms with Gasteiger partial charge in [0.2, 0.25) is 11.8 Å². The Morgan fingerprint density at radius 1 is 0.902 bits per heavy atom. The van der Waals surface area contributed by atoms with Crippen LogP contribution >= 0.6 is 47.2 Å². The fourth-order valence-electron chi connectivity index (χ4n) is 4.25. The monoisotopic (exact) mass is 626 g/mol. The molecule has 1 aliphatic heterocycles. The number of thiocarbonyl (C=S) groups is 1. The molecule has 4 rings (SSSR count). The van der Waals surface area contributed by atoms with Crippen LogP contribution in [0.2, 0.25) is 10.0 Å². The highest BCUT2D eigenvalue weighted by Gasteiger charge is 2.41. The average molecular weight is 628 g/mol. The Morgan fingerprint density at radius 3 is 1.98 bits per heavy atom. The van der Waals surface area contributed by atoms with E-state index in [1.165, 1.54) is 4.90 Å². The number of hydrogen-bond acceptors (Lipinski definition) is 6. The van der Waals surface area contributed by atoms with Gasteiger partial charge in [0.1, 0.15) is 10.4 Å². The van der Waals surface area contributed by atoms with E-state index in [0.717, 1.165) is 36.1 Å². The van der Waals surface area contributed by atoms with Gasteiger partial charge in [0, 0.05) is 40.2 Å². The van der Waals surface area contributed by atoms with E-state index in [1.807, 2.05) is 24.3 Å². The normalized spacial score (nSPS) is 14.7. The highest BCUT2D eigenvalue weighted by molar-refractivity contribution is 8.26. The molecule has 212 valence electrons. The molecule has 11 heteroatoms. The van der Waals surface area contributed by atoms with E-state index in [1.54, 1.807) is 54.6 Å². The molecule has 1 saturated heterocycles. The third-order valence-corrected chi connectivity index (χ3v) is 8.21. The van der Waals surface area contributed by atoms with Crippen LogP contribution in [0.4, 0.5) is 17.1 Å². The molecule has 7 nitrogen and oxygen atoms in total. The molecule has 0 bridgehead atoms. The predicted octanol–water partition coefficient (Wildman–Crippen LogP) is 7.08. The number of thioether (sulfide) groups is 1. The lowest BCUT2D eigenvalue weighted by Crippen LogP contribution is -2.48. The summed E-state index contributed by atoms with van der Waals surface area (Å²) in [5, 5.41) is 6.56. The number of benzene rings is 3. The Bertz CT molecular complexity index is 1460. The van der Waals surface area contributed by atoms with Crippen molar-refractivity contribution in [1.82, 2.24) is 4.90 Å². The van der Waals surface area contributed by atoms with E-state index < -0.39 is 23.8 Å². The first kappa shape index (κ1) is 30.6. The number of anilines is 3. The molecule has 0 spiro atoms. The van der Waals surface area contributed by atoms with Crippen LogP contribution in [-0.2, 0) is 14.4 Å². The summed E-state index contributed by atoms with van der Waals surface area (Å²) in [5.41, 5.74) is 2.89. The van der Waals surface area contributed by atoms with Gasteiger partial charge in [0.15, 0.2) is 0 Å². The summed E-state index contributed by atoms with van der Waals surface area (Å²) in [6, 6.07) is 19.8. The zero-order valence-electron chi connectivity index (χ0n) is 22.4. The van der Waals surface area contributed by atoms with Crippen molar-refractivity contribution >= 4 is 92.4 Å². The second kappa shape index (κ2) is 14.0. The molecule has 0 aromatic heterocycles. The zero-order chi connectivity index (χ0) is 29.5. The Kier molecular flexibility index (Phi) is 10.4. The van der Waals surface area contributed by atoms with Gasteiger partial charge >= 0.3 is 0 Å². The lowest BCUT2D eigenvalue weighted by atomic mass is 10.1. The Labute approximate surface area is 258 Å². The number of rotatable bonds is 10. The largest absolute Gasteiger partial charge is 0.372 e. The second-order valence-corrected chi connectivity index (χ2v) is 11.6. The molecule has 0 unspecified atom stereocenters. The summed E-state index contributed by atoms with van der Waals surface area (Å²) in [7, 11) is 0. The molecule has 0 radical (unpaired) electrons. The SMILES string of the molecule is CCN(CC)c1ccc(/C=C2\SC(=S)N([C@H](CC(=O)Nc3ccc(Cl)cc3)C(=O)Nc3ccc(Cl)cc3)C2=O)cc1. The van der Waals surface area contributed by atoms with E-state index >= 15 is 0 Å². The minimum atomic E-state index is -1.19. The van der Waals surface area contributed by atoms with Gasteiger partial charge in [-0.1, -0.05) is 59.3 Å². The van der Waals surface area contributed by atoms with Gasteiger partial charge in [-0.05, 0) is 86.2 Å². The zero-order valence-corrected chi connectivity index (χ0v) is 25.5. The number of nitrogens with one attached hydrogen (secondary N) is 2. The number of carbonyl (C=O) groups excluding carboxylic acids is 3. The van der Waals surface area contributed by atoms with Crippen molar-refractivity contribution in [1.29, 1.82) is 0 Å². The van der Waals surface area contributed by atoms with Crippen LogP contribution in [0.1, 0.15) is 25.8 Å². The number of amides is 3. The molecule has 3 aromatic rings. The smallest absolute Gasteiger partial charge is 0.266 e. The quantitative estimate of drug-likeness (QED) is 0.185. The van der Waals surface area contributed by atoms with Crippen LogP contribution in [0.15, 0.2) is 77.7 Å². The average Bonchev–Trinajstić information content (AvgIpc) is 3.23.